The highest BCUT2D eigenvalue weighted by molar-refractivity contribution is 7.18. The number of hydrogen-bond acceptors (Lipinski definition) is 4. The minimum atomic E-state index is -0.327. The number of para-hydroxylation sites is 1. The second kappa shape index (κ2) is 9.41. The monoisotopic (exact) mass is 380 g/mol. The predicted molar refractivity (Wildman–Crippen MR) is 104 cm³/mol. The Morgan fingerprint density at radius 2 is 1.88 bits per heavy atom. The molecule has 4 N–H and O–H groups in total. The average molecular weight is 381 g/mol. The lowest BCUT2D eigenvalue weighted by molar-refractivity contribution is 0.0935. The number of hydrogen-bond donors (Lipinski definition) is 4. The Labute approximate surface area is 156 Å². The zero-order valence-electron chi connectivity index (χ0n) is 13.6. The van der Waals surface area contributed by atoms with Crippen LogP contribution in [0.15, 0.2) is 42.5 Å². The molecule has 1 aliphatic rings. The van der Waals surface area contributed by atoms with E-state index >= 15 is 0 Å². The molecule has 2 heterocycles. The van der Waals surface area contributed by atoms with Crippen molar-refractivity contribution in [1.29, 1.82) is 0 Å². The Morgan fingerprint density at radius 3 is 2.60 bits per heavy atom. The standard InChI is InChI=1S/C17H20N4O2S.ClH/c22-16(19-13-7-4-10-18-11-13)14-8-9-15(24-14)21-17(23)20-12-5-2-1-3-6-12;/h1-3,5-6,8-9,13,18H,4,7,10-11H2,(H,19,22)(H2,20,21,23);1H/t13-;/m0./s1. The number of amides is 3. The van der Waals surface area contributed by atoms with Gasteiger partial charge in [0.1, 0.15) is 0 Å². The summed E-state index contributed by atoms with van der Waals surface area (Å²) in [5, 5.41) is 12.4. The average Bonchev–Trinajstić information content (AvgIpc) is 3.05. The molecule has 0 bridgehead atoms. The van der Waals surface area contributed by atoms with E-state index in [4.69, 9.17) is 0 Å². The Bertz CT molecular complexity index is 702. The van der Waals surface area contributed by atoms with Gasteiger partial charge in [0, 0.05) is 18.3 Å². The number of thiophene rings is 1. The molecule has 1 aromatic heterocycles. The van der Waals surface area contributed by atoms with Gasteiger partial charge in [-0.2, -0.15) is 0 Å². The molecule has 2 aromatic rings. The van der Waals surface area contributed by atoms with E-state index in [-0.39, 0.29) is 30.4 Å². The highest BCUT2D eigenvalue weighted by atomic mass is 35.5. The summed E-state index contributed by atoms with van der Waals surface area (Å²) in [5.74, 6) is -0.0924. The molecule has 8 heteroatoms. The van der Waals surface area contributed by atoms with Crippen molar-refractivity contribution in [3.63, 3.8) is 0 Å². The maximum absolute atomic E-state index is 12.2. The van der Waals surface area contributed by atoms with Crippen LogP contribution in [0, 0.1) is 0 Å². The zero-order chi connectivity index (χ0) is 16.8. The molecule has 0 unspecified atom stereocenters. The summed E-state index contributed by atoms with van der Waals surface area (Å²) in [6.07, 6.45) is 2.07. The van der Waals surface area contributed by atoms with Crippen LogP contribution in [0.3, 0.4) is 0 Å². The molecule has 25 heavy (non-hydrogen) atoms. The molecule has 1 fully saturated rings. The minimum Gasteiger partial charge on any atom is -0.347 e. The fourth-order valence-electron chi connectivity index (χ4n) is 2.55. The van der Waals surface area contributed by atoms with Crippen LogP contribution in [-0.4, -0.2) is 31.1 Å². The van der Waals surface area contributed by atoms with Crippen LogP contribution in [-0.2, 0) is 0 Å². The van der Waals surface area contributed by atoms with Crippen LogP contribution in [0.4, 0.5) is 15.5 Å². The molecule has 0 aliphatic carbocycles. The van der Waals surface area contributed by atoms with Crippen LogP contribution in [0.2, 0.25) is 0 Å². The van der Waals surface area contributed by atoms with Crippen LogP contribution < -0.4 is 21.3 Å². The van der Waals surface area contributed by atoms with Crippen molar-refractivity contribution in [2.45, 2.75) is 18.9 Å². The molecule has 3 rings (SSSR count). The third kappa shape index (κ3) is 5.74. The molecule has 1 aromatic carbocycles. The van der Waals surface area contributed by atoms with Gasteiger partial charge in [-0.25, -0.2) is 4.79 Å². The van der Waals surface area contributed by atoms with E-state index < -0.39 is 0 Å². The fraction of sp³-hybridized carbons (Fsp3) is 0.294. The first kappa shape index (κ1) is 19.2. The van der Waals surface area contributed by atoms with Gasteiger partial charge in [-0.05, 0) is 43.7 Å². The molecule has 3 amide bonds. The van der Waals surface area contributed by atoms with Crippen molar-refractivity contribution in [1.82, 2.24) is 10.6 Å². The number of benzene rings is 1. The molecule has 0 saturated carbocycles. The van der Waals surface area contributed by atoms with Gasteiger partial charge in [-0.1, -0.05) is 18.2 Å². The summed E-state index contributed by atoms with van der Waals surface area (Å²) in [6, 6.07) is 12.5. The zero-order valence-corrected chi connectivity index (χ0v) is 15.2. The fourth-order valence-corrected chi connectivity index (χ4v) is 3.36. The van der Waals surface area contributed by atoms with E-state index in [1.54, 1.807) is 12.1 Å². The number of nitrogens with one attached hydrogen (secondary N) is 4. The van der Waals surface area contributed by atoms with Gasteiger partial charge in [0.25, 0.3) is 5.91 Å². The van der Waals surface area contributed by atoms with Crippen molar-refractivity contribution in [3.05, 3.63) is 47.3 Å². The largest absolute Gasteiger partial charge is 0.347 e. The SMILES string of the molecule is Cl.O=C(Nc1ccccc1)Nc1ccc(C(=O)N[C@H]2CCCNC2)s1. The second-order valence-electron chi connectivity index (χ2n) is 5.63. The maximum atomic E-state index is 12.2. The molecule has 0 radical (unpaired) electrons. The molecule has 0 spiro atoms. The topological polar surface area (TPSA) is 82.3 Å². The predicted octanol–water partition coefficient (Wildman–Crippen LogP) is 3.30. The van der Waals surface area contributed by atoms with E-state index in [1.165, 1.54) is 11.3 Å². The van der Waals surface area contributed by atoms with Gasteiger partial charge in [0.15, 0.2) is 0 Å². The van der Waals surface area contributed by atoms with Crippen molar-refractivity contribution in [3.8, 4) is 0 Å². The Hall–Kier alpha value is -2.09. The lowest BCUT2D eigenvalue weighted by atomic mass is 10.1. The summed E-state index contributed by atoms with van der Waals surface area (Å²) in [6.45, 7) is 1.82. The number of piperidine rings is 1. The van der Waals surface area contributed by atoms with Crippen LogP contribution in [0.5, 0.6) is 0 Å². The van der Waals surface area contributed by atoms with Gasteiger partial charge in [-0.3, -0.25) is 10.1 Å². The third-order valence-electron chi connectivity index (χ3n) is 3.73. The van der Waals surface area contributed by atoms with Gasteiger partial charge in [0.2, 0.25) is 0 Å². The molecule has 1 atom stereocenters. The van der Waals surface area contributed by atoms with E-state index in [0.29, 0.717) is 15.6 Å². The smallest absolute Gasteiger partial charge is 0.324 e. The Morgan fingerprint density at radius 1 is 1.08 bits per heavy atom. The highest BCUT2D eigenvalue weighted by Crippen LogP contribution is 2.22. The molecule has 134 valence electrons. The molecule has 1 aliphatic heterocycles. The lowest BCUT2D eigenvalue weighted by Crippen LogP contribution is -2.45. The number of halogens is 1. The molecule has 6 nitrogen and oxygen atoms in total. The van der Waals surface area contributed by atoms with Gasteiger partial charge < -0.3 is 16.0 Å². The Balaban J connectivity index is 0.00000225. The van der Waals surface area contributed by atoms with Crippen molar-refractivity contribution >= 4 is 46.4 Å². The lowest BCUT2D eigenvalue weighted by Gasteiger charge is -2.23. The number of carbonyl (C=O) groups excluding carboxylic acids is 2. The first-order valence-corrected chi connectivity index (χ1v) is 8.77. The van der Waals surface area contributed by atoms with Gasteiger partial charge >= 0.3 is 6.03 Å². The highest BCUT2D eigenvalue weighted by Gasteiger charge is 2.17. The van der Waals surface area contributed by atoms with Gasteiger partial charge in [0.05, 0.1) is 9.88 Å². The molecule has 1 saturated heterocycles. The van der Waals surface area contributed by atoms with Crippen molar-refractivity contribution in [2.75, 3.05) is 23.7 Å². The normalized spacial score (nSPS) is 16.4. The number of urea groups is 1. The molecular weight excluding hydrogens is 360 g/mol. The summed E-state index contributed by atoms with van der Waals surface area (Å²) in [7, 11) is 0. The van der Waals surface area contributed by atoms with Gasteiger partial charge in [-0.15, -0.1) is 23.7 Å². The number of carbonyl (C=O) groups is 2. The van der Waals surface area contributed by atoms with E-state index in [9.17, 15) is 9.59 Å². The Kier molecular flexibility index (Phi) is 7.24. The first-order chi connectivity index (χ1) is 11.7. The van der Waals surface area contributed by atoms with Crippen LogP contribution in [0.25, 0.3) is 0 Å². The first-order valence-electron chi connectivity index (χ1n) is 7.95. The quantitative estimate of drug-likeness (QED) is 0.656. The van der Waals surface area contributed by atoms with Crippen molar-refractivity contribution < 1.29 is 9.59 Å². The van der Waals surface area contributed by atoms with E-state index in [1.807, 2.05) is 30.3 Å². The maximum Gasteiger partial charge on any atom is 0.324 e. The van der Waals surface area contributed by atoms with E-state index in [0.717, 1.165) is 25.9 Å². The summed E-state index contributed by atoms with van der Waals surface area (Å²) in [4.78, 5) is 24.8. The van der Waals surface area contributed by atoms with E-state index in [2.05, 4.69) is 21.3 Å². The summed E-state index contributed by atoms with van der Waals surface area (Å²) >= 11 is 1.26. The number of anilines is 2. The van der Waals surface area contributed by atoms with Crippen molar-refractivity contribution in [2.24, 2.45) is 0 Å². The third-order valence-corrected chi connectivity index (χ3v) is 4.73. The van der Waals surface area contributed by atoms with Crippen LogP contribution in [0.1, 0.15) is 22.5 Å². The minimum absolute atomic E-state index is 0. The molecular formula is C17H21ClN4O2S. The number of rotatable bonds is 4. The summed E-state index contributed by atoms with van der Waals surface area (Å²) in [5.41, 5.74) is 0.717. The second-order valence-corrected chi connectivity index (χ2v) is 6.71. The van der Waals surface area contributed by atoms with Crippen LogP contribution >= 0.6 is 23.7 Å². The summed E-state index contributed by atoms with van der Waals surface area (Å²) < 4.78 is 0.